The first-order valence-corrected chi connectivity index (χ1v) is 29.8. The molecule has 1 heterocycles. The molecule has 0 bridgehead atoms. The van der Waals surface area contributed by atoms with Crippen LogP contribution in [0.4, 0.5) is 0 Å². The smallest absolute Gasteiger partial charge is 0.220 e. The number of carbonyl (C=O) groups is 1. The summed E-state index contributed by atoms with van der Waals surface area (Å²) in [6.45, 7) is 3.63. The standard InChI is InChI=1S/C58H115NO9/c1-3-5-7-9-11-13-15-16-17-18-19-20-21-22-23-24-25-26-27-28-29-30-31-32-33-34-35-36-37-39-41-43-45-47-53(62)59-50(49-67-58-57(66)56(65)55(64)52(48-60)68-58)54(63)51(61)46-44-42-40-38-14-12-10-8-6-4-2/h50-52,54-58,60-61,63-66H,3-49H2,1-2H3,(H,59,62)/t50-,51+,52+,54-,55-,56?,57?,58+/m0/s1. The molecule has 0 saturated carbocycles. The molecule has 0 aromatic heterocycles. The predicted molar refractivity (Wildman–Crippen MR) is 283 cm³/mol. The zero-order valence-corrected chi connectivity index (χ0v) is 44.8. The van der Waals surface area contributed by atoms with Crippen LogP contribution in [0.5, 0.6) is 0 Å². The van der Waals surface area contributed by atoms with Gasteiger partial charge in [0.25, 0.3) is 0 Å². The van der Waals surface area contributed by atoms with Crippen LogP contribution in [0.1, 0.15) is 303 Å². The Labute approximate surface area is 419 Å². The number of carbonyl (C=O) groups excluding carboxylic acids is 1. The number of hydrogen-bond acceptors (Lipinski definition) is 9. The lowest BCUT2D eigenvalue weighted by atomic mass is 9.98. The molecule has 1 fully saturated rings. The fourth-order valence-corrected chi connectivity index (χ4v) is 10.0. The highest BCUT2D eigenvalue weighted by Gasteiger charge is 2.44. The molecule has 8 atom stereocenters. The topological polar surface area (TPSA) is 169 Å². The normalized spacial score (nSPS) is 19.9. The first-order valence-electron chi connectivity index (χ1n) is 29.8. The van der Waals surface area contributed by atoms with Gasteiger partial charge in [-0.3, -0.25) is 4.79 Å². The van der Waals surface area contributed by atoms with Gasteiger partial charge < -0.3 is 45.4 Å². The minimum atomic E-state index is -1.60. The third kappa shape index (κ3) is 37.0. The van der Waals surface area contributed by atoms with Gasteiger partial charge in [0.05, 0.1) is 25.4 Å². The molecule has 1 aliphatic rings. The maximum absolute atomic E-state index is 13.1. The number of ether oxygens (including phenoxy) is 2. The zero-order chi connectivity index (χ0) is 49.6. The molecule has 0 aliphatic carbocycles. The molecule has 0 spiro atoms. The van der Waals surface area contributed by atoms with Gasteiger partial charge in [0.1, 0.15) is 30.5 Å². The summed E-state index contributed by atoms with van der Waals surface area (Å²) >= 11 is 0. The molecular formula is C58H115NO9. The second-order valence-corrected chi connectivity index (χ2v) is 21.3. The summed E-state index contributed by atoms with van der Waals surface area (Å²) in [5.74, 6) is -0.252. The summed E-state index contributed by atoms with van der Waals surface area (Å²) in [6, 6.07) is -0.985. The van der Waals surface area contributed by atoms with E-state index in [1.165, 1.54) is 231 Å². The van der Waals surface area contributed by atoms with Crippen molar-refractivity contribution in [3.05, 3.63) is 0 Å². The molecule has 1 amide bonds. The van der Waals surface area contributed by atoms with Crippen LogP contribution in [0.25, 0.3) is 0 Å². The first kappa shape index (κ1) is 65.2. The lowest BCUT2D eigenvalue weighted by Crippen LogP contribution is -2.60. The van der Waals surface area contributed by atoms with E-state index in [1.807, 2.05) is 0 Å². The second-order valence-electron chi connectivity index (χ2n) is 21.3. The third-order valence-corrected chi connectivity index (χ3v) is 14.8. The van der Waals surface area contributed by atoms with Gasteiger partial charge in [-0.15, -0.1) is 0 Å². The maximum Gasteiger partial charge on any atom is 0.220 e. The van der Waals surface area contributed by atoms with Crippen LogP contribution in [0.2, 0.25) is 0 Å². The number of unbranched alkanes of at least 4 members (excludes halogenated alkanes) is 41. The summed E-state index contributed by atoms with van der Waals surface area (Å²) in [5, 5.41) is 65.3. The fourth-order valence-electron chi connectivity index (χ4n) is 10.0. The monoisotopic (exact) mass is 970 g/mol. The van der Waals surface area contributed by atoms with Crippen molar-refractivity contribution >= 4 is 5.91 Å². The zero-order valence-electron chi connectivity index (χ0n) is 44.8. The van der Waals surface area contributed by atoms with E-state index in [0.717, 1.165) is 44.9 Å². The molecule has 406 valence electrons. The summed E-state index contributed by atoms with van der Waals surface area (Å²) in [4.78, 5) is 13.1. The van der Waals surface area contributed by atoms with E-state index in [-0.39, 0.29) is 18.9 Å². The molecule has 7 N–H and O–H groups in total. The average molecular weight is 971 g/mol. The fraction of sp³-hybridized carbons (Fsp3) is 0.983. The minimum Gasteiger partial charge on any atom is -0.394 e. The van der Waals surface area contributed by atoms with E-state index in [1.54, 1.807) is 0 Å². The van der Waals surface area contributed by atoms with Crippen LogP contribution in [0.15, 0.2) is 0 Å². The highest BCUT2D eigenvalue weighted by Crippen LogP contribution is 2.24. The van der Waals surface area contributed by atoms with Crippen LogP contribution in [0.3, 0.4) is 0 Å². The Bertz CT molecular complexity index is 1050. The lowest BCUT2D eigenvalue weighted by Gasteiger charge is -2.40. The Hall–Kier alpha value is -0.850. The van der Waals surface area contributed by atoms with E-state index in [2.05, 4.69) is 19.2 Å². The molecule has 1 saturated heterocycles. The van der Waals surface area contributed by atoms with Crippen LogP contribution in [0, 0.1) is 0 Å². The number of aliphatic hydroxyl groups is 6. The number of amides is 1. The van der Waals surface area contributed by atoms with Crippen LogP contribution in [-0.4, -0.2) is 98.7 Å². The quantitative estimate of drug-likeness (QED) is 0.0293. The molecule has 0 aromatic rings. The van der Waals surface area contributed by atoms with Crippen molar-refractivity contribution < 1.29 is 44.9 Å². The van der Waals surface area contributed by atoms with Gasteiger partial charge in [-0.2, -0.15) is 0 Å². The summed E-state index contributed by atoms with van der Waals surface area (Å²) in [7, 11) is 0. The van der Waals surface area contributed by atoms with Crippen molar-refractivity contribution in [2.75, 3.05) is 13.2 Å². The summed E-state index contributed by atoms with van der Waals surface area (Å²) in [6.07, 6.45) is 47.4. The van der Waals surface area contributed by atoms with Crippen molar-refractivity contribution in [2.45, 2.75) is 352 Å². The largest absolute Gasteiger partial charge is 0.394 e. The lowest BCUT2D eigenvalue weighted by molar-refractivity contribution is -0.303. The Kier molecular flexibility index (Phi) is 46.4. The van der Waals surface area contributed by atoms with Crippen LogP contribution < -0.4 is 5.32 Å². The second kappa shape index (κ2) is 48.4. The van der Waals surface area contributed by atoms with Gasteiger partial charge in [-0.25, -0.2) is 0 Å². The minimum absolute atomic E-state index is 0.252. The van der Waals surface area contributed by atoms with Gasteiger partial charge in [0.15, 0.2) is 6.29 Å². The van der Waals surface area contributed by atoms with Gasteiger partial charge in [-0.05, 0) is 12.8 Å². The molecule has 68 heavy (non-hydrogen) atoms. The van der Waals surface area contributed by atoms with E-state index in [9.17, 15) is 35.4 Å². The molecule has 1 rings (SSSR count). The molecule has 2 unspecified atom stereocenters. The number of rotatable bonds is 52. The molecule has 0 radical (unpaired) electrons. The maximum atomic E-state index is 13.1. The van der Waals surface area contributed by atoms with E-state index in [0.29, 0.717) is 6.42 Å². The van der Waals surface area contributed by atoms with Gasteiger partial charge in [-0.1, -0.05) is 284 Å². The molecular weight excluding hydrogens is 855 g/mol. The Balaban J connectivity index is 2.08. The van der Waals surface area contributed by atoms with E-state index >= 15 is 0 Å². The van der Waals surface area contributed by atoms with Gasteiger partial charge >= 0.3 is 0 Å². The van der Waals surface area contributed by atoms with E-state index < -0.39 is 55.6 Å². The molecule has 10 nitrogen and oxygen atoms in total. The van der Waals surface area contributed by atoms with Crippen molar-refractivity contribution in [3.8, 4) is 0 Å². The molecule has 10 heteroatoms. The van der Waals surface area contributed by atoms with Crippen molar-refractivity contribution in [3.63, 3.8) is 0 Å². The van der Waals surface area contributed by atoms with Crippen LogP contribution in [-0.2, 0) is 14.3 Å². The van der Waals surface area contributed by atoms with Crippen molar-refractivity contribution in [1.29, 1.82) is 0 Å². The molecule has 0 aromatic carbocycles. The number of nitrogens with one attached hydrogen (secondary N) is 1. The number of hydrogen-bond donors (Lipinski definition) is 7. The Morgan fingerprint density at radius 1 is 0.456 bits per heavy atom. The summed E-state index contributed by atoms with van der Waals surface area (Å²) < 4.78 is 11.2. The number of aliphatic hydroxyl groups excluding tert-OH is 6. The van der Waals surface area contributed by atoms with Gasteiger partial charge in [0.2, 0.25) is 5.91 Å². The third-order valence-electron chi connectivity index (χ3n) is 14.8. The highest BCUT2D eigenvalue weighted by molar-refractivity contribution is 5.76. The Morgan fingerprint density at radius 3 is 1.09 bits per heavy atom. The van der Waals surface area contributed by atoms with Crippen LogP contribution >= 0.6 is 0 Å². The Morgan fingerprint density at radius 2 is 0.765 bits per heavy atom. The first-order chi connectivity index (χ1) is 33.3. The van der Waals surface area contributed by atoms with Crippen molar-refractivity contribution in [1.82, 2.24) is 5.32 Å². The SMILES string of the molecule is CCCCCCCCCCCCCCCCCCCCCCCCCCCCCCCCCCCC(=O)N[C@@H](CO[C@@H]1O[C@H](CO)[C@H](O)C(O)C1O)[C@H](O)[C@H](O)CCCCCCCCCCCC. The van der Waals surface area contributed by atoms with Crippen molar-refractivity contribution in [2.24, 2.45) is 0 Å². The highest BCUT2D eigenvalue weighted by atomic mass is 16.7. The van der Waals surface area contributed by atoms with Gasteiger partial charge in [0, 0.05) is 6.42 Å². The van der Waals surface area contributed by atoms with E-state index in [4.69, 9.17) is 9.47 Å². The summed E-state index contributed by atoms with van der Waals surface area (Å²) in [5.41, 5.74) is 0. The predicted octanol–water partition coefficient (Wildman–Crippen LogP) is 13.6. The molecule has 1 aliphatic heterocycles. The average Bonchev–Trinajstić information content (AvgIpc) is 3.34.